The molecule has 8 heteroatoms. The van der Waals surface area contributed by atoms with Crippen LogP contribution in [0, 0.1) is 0 Å². The van der Waals surface area contributed by atoms with Crippen molar-refractivity contribution in [3.63, 3.8) is 0 Å². The molecule has 1 aliphatic rings. The molecule has 0 saturated heterocycles. The molecular formula is C15H27NO7. The van der Waals surface area contributed by atoms with E-state index >= 15 is 0 Å². The van der Waals surface area contributed by atoms with Gasteiger partial charge >= 0.3 is 5.97 Å². The molecule has 0 bridgehead atoms. The molecule has 0 amide bonds. The lowest BCUT2D eigenvalue weighted by Gasteiger charge is -2.39. The van der Waals surface area contributed by atoms with Gasteiger partial charge in [0.05, 0.1) is 18.8 Å². The molecule has 1 aliphatic heterocycles. The predicted molar refractivity (Wildman–Crippen MR) is 81.6 cm³/mol. The van der Waals surface area contributed by atoms with E-state index in [9.17, 15) is 20.1 Å². The molecule has 6 atom stereocenters. The van der Waals surface area contributed by atoms with Gasteiger partial charge in [0.2, 0.25) is 5.76 Å². The summed E-state index contributed by atoms with van der Waals surface area (Å²) in [6, 6.07) is -0.805. The van der Waals surface area contributed by atoms with E-state index in [1.165, 1.54) is 0 Å². The third-order valence-electron chi connectivity index (χ3n) is 3.90. The molecule has 0 fully saturated rings. The number of nitrogens with one attached hydrogen (secondary N) is 1. The minimum absolute atomic E-state index is 0.000975. The van der Waals surface area contributed by atoms with E-state index < -0.39 is 48.8 Å². The molecule has 0 aromatic carbocycles. The van der Waals surface area contributed by atoms with Crippen LogP contribution in [0.5, 0.6) is 0 Å². The van der Waals surface area contributed by atoms with Crippen LogP contribution in [-0.2, 0) is 9.53 Å². The highest BCUT2D eigenvalue weighted by atomic mass is 16.5. The first kappa shape index (κ1) is 19.9. The van der Waals surface area contributed by atoms with Gasteiger partial charge < -0.3 is 35.6 Å². The lowest BCUT2D eigenvalue weighted by atomic mass is 9.93. The van der Waals surface area contributed by atoms with Crippen LogP contribution in [0.1, 0.15) is 33.1 Å². The Labute approximate surface area is 135 Å². The van der Waals surface area contributed by atoms with Gasteiger partial charge in [-0.25, -0.2) is 4.79 Å². The molecule has 0 aromatic heterocycles. The Hall–Kier alpha value is -1.19. The fourth-order valence-electron chi connectivity index (χ4n) is 2.56. The Balaban J connectivity index is 2.93. The van der Waals surface area contributed by atoms with Crippen molar-refractivity contribution in [2.75, 3.05) is 6.61 Å². The third-order valence-corrected chi connectivity index (χ3v) is 3.90. The van der Waals surface area contributed by atoms with Crippen LogP contribution in [0.4, 0.5) is 0 Å². The van der Waals surface area contributed by atoms with E-state index in [1.54, 1.807) is 0 Å². The molecule has 0 saturated carbocycles. The van der Waals surface area contributed by atoms with E-state index in [4.69, 9.17) is 14.9 Å². The summed E-state index contributed by atoms with van der Waals surface area (Å²) in [6.45, 7) is 3.25. The first-order valence-corrected chi connectivity index (χ1v) is 7.84. The summed E-state index contributed by atoms with van der Waals surface area (Å²) in [7, 11) is 0. The van der Waals surface area contributed by atoms with E-state index in [1.807, 2.05) is 6.92 Å². The third kappa shape index (κ3) is 5.43. The summed E-state index contributed by atoms with van der Waals surface area (Å²) in [4.78, 5) is 11.1. The largest absolute Gasteiger partial charge is 0.479 e. The zero-order chi connectivity index (χ0) is 17.6. The second-order valence-corrected chi connectivity index (χ2v) is 5.89. The minimum Gasteiger partial charge on any atom is -0.479 e. The minimum atomic E-state index is -1.55. The Morgan fingerprint density at radius 1 is 1.43 bits per heavy atom. The number of rotatable bonds is 9. The summed E-state index contributed by atoms with van der Waals surface area (Å²) < 4.78 is 5.24. The number of carboxylic acids is 1. The van der Waals surface area contributed by atoms with Gasteiger partial charge in [0.25, 0.3) is 0 Å². The highest BCUT2D eigenvalue weighted by Gasteiger charge is 2.42. The average Bonchev–Trinajstić information content (AvgIpc) is 2.52. The van der Waals surface area contributed by atoms with Gasteiger partial charge in [-0.15, -0.1) is 0 Å². The lowest BCUT2D eigenvalue weighted by Crippen LogP contribution is -2.60. The van der Waals surface area contributed by atoms with Crippen molar-refractivity contribution < 1.29 is 35.1 Å². The lowest BCUT2D eigenvalue weighted by molar-refractivity contribution is -0.148. The van der Waals surface area contributed by atoms with Gasteiger partial charge in [0, 0.05) is 6.04 Å². The van der Waals surface area contributed by atoms with Gasteiger partial charge in [-0.1, -0.05) is 19.8 Å². The SMILES string of the molecule is CCCCC(C)N[C@H]1[C@H]([C@H](O)[C@H](O)CO)OC(C(=O)O)=C[C@@H]1O. The highest BCUT2D eigenvalue weighted by Crippen LogP contribution is 2.23. The Bertz CT molecular complexity index is 415. The molecular weight excluding hydrogens is 306 g/mol. The number of hydrogen-bond donors (Lipinski definition) is 6. The van der Waals surface area contributed by atoms with Crippen LogP contribution in [0.25, 0.3) is 0 Å². The fraction of sp³-hybridized carbons (Fsp3) is 0.800. The summed E-state index contributed by atoms with van der Waals surface area (Å²) in [6.07, 6.45) is -1.59. The fourth-order valence-corrected chi connectivity index (χ4v) is 2.56. The van der Waals surface area contributed by atoms with Gasteiger partial charge in [0.15, 0.2) is 0 Å². The number of ether oxygens (including phenoxy) is 1. The normalized spacial score (nSPS) is 28.4. The summed E-state index contributed by atoms with van der Waals surface area (Å²) >= 11 is 0. The van der Waals surface area contributed by atoms with E-state index in [0.717, 1.165) is 25.3 Å². The maximum Gasteiger partial charge on any atom is 0.370 e. The Morgan fingerprint density at radius 2 is 2.09 bits per heavy atom. The number of unbranched alkanes of at least 4 members (excludes halogenated alkanes) is 1. The van der Waals surface area contributed by atoms with Crippen LogP contribution < -0.4 is 5.32 Å². The molecule has 0 spiro atoms. The van der Waals surface area contributed by atoms with Crippen LogP contribution >= 0.6 is 0 Å². The first-order valence-electron chi connectivity index (χ1n) is 7.84. The van der Waals surface area contributed by atoms with Crippen molar-refractivity contribution in [3.05, 3.63) is 11.8 Å². The van der Waals surface area contributed by atoms with Crippen LogP contribution in [-0.4, -0.2) is 74.6 Å². The predicted octanol–water partition coefficient (Wildman–Crippen LogP) is -1.03. The monoisotopic (exact) mass is 333 g/mol. The zero-order valence-electron chi connectivity index (χ0n) is 13.4. The van der Waals surface area contributed by atoms with Gasteiger partial charge in [0.1, 0.15) is 18.3 Å². The van der Waals surface area contributed by atoms with E-state index in [0.29, 0.717) is 0 Å². The second kappa shape index (κ2) is 9.19. The molecule has 8 nitrogen and oxygen atoms in total. The molecule has 23 heavy (non-hydrogen) atoms. The number of hydrogen-bond acceptors (Lipinski definition) is 7. The number of aliphatic hydroxyl groups excluding tert-OH is 4. The molecule has 0 aromatic rings. The maximum absolute atomic E-state index is 11.1. The van der Waals surface area contributed by atoms with Crippen molar-refractivity contribution in [3.8, 4) is 0 Å². The van der Waals surface area contributed by atoms with Crippen molar-refractivity contribution >= 4 is 5.97 Å². The maximum atomic E-state index is 11.1. The number of aliphatic carboxylic acids is 1. The highest BCUT2D eigenvalue weighted by molar-refractivity contribution is 5.84. The van der Waals surface area contributed by atoms with E-state index in [-0.39, 0.29) is 6.04 Å². The van der Waals surface area contributed by atoms with Crippen molar-refractivity contribution in [1.82, 2.24) is 5.32 Å². The topological polar surface area (TPSA) is 139 Å². The Morgan fingerprint density at radius 3 is 2.61 bits per heavy atom. The quantitative estimate of drug-likeness (QED) is 0.315. The van der Waals surface area contributed by atoms with Gasteiger partial charge in [-0.2, -0.15) is 0 Å². The number of carboxylic acid groups (broad SMARTS) is 1. The second-order valence-electron chi connectivity index (χ2n) is 5.89. The summed E-state index contributed by atoms with van der Waals surface area (Å²) in [5.74, 6) is -1.87. The standard InChI is InChI=1S/C15H27NO7/c1-3-4-5-8(2)16-12-9(18)6-11(15(21)22)23-14(12)13(20)10(19)7-17/h6,8-10,12-14,16-20H,3-5,7H2,1-2H3,(H,21,22)/t8?,9-,10+,12+,13+,14+/m0/s1. The number of aliphatic hydroxyl groups is 4. The van der Waals surface area contributed by atoms with Crippen LogP contribution in [0.3, 0.4) is 0 Å². The molecule has 1 unspecified atom stereocenters. The van der Waals surface area contributed by atoms with Crippen LogP contribution in [0.2, 0.25) is 0 Å². The Kier molecular flexibility index (Phi) is 7.93. The molecule has 0 radical (unpaired) electrons. The van der Waals surface area contributed by atoms with Crippen molar-refractivity contribution in [1.29, 1.82) is 0 Å². The summed E-state index contributed by atoms with van der Waals surface area (Å²) in [5, 5.41) is 51.0. The molecule has 1 rings (SSSR count). The zero-order valence-corrected chi connectivity index (χ0v) is 13.4. The van der Waals surface area contributed by atoms with E-state index in [2.05, 4.69) is 12.2 Å². The van der Waals surface area contributed by atoms with Gasteiger partial charge in [-0.05, 0) is 19.4 Å². The van der Waals surface area contributed by atoms with Gasteiger partial charge in [-0.3, -0.25) is 0 Å². The molecule has 1 heterocycles. The summed E-state index contributed by atoms with van der Waals surface area (Å²) in [5.41, 5.74) is 0. The number of carbonyl (C=O) groups is 1. The van der Waals surface area contributed by atoms with Crippen LogP contribution in [0.15, 0.2) is 11.8 Å². The van der Waals surface area contributed by atoms with Crippen molar-refractivity contribution in [2.24, 2.45) is 0 Å². The average molecular weight is 333 g/mol. The smallest absolute Gasteiger partial charge is 0.370 e. The first-order chi connectivity index (χ1) is 10.8. The molecule has 134 valence electrons. The molecule has 0 aliphatic carbocycles. The molecule has 6 N–H and O–H groups in total. The van der Waals surface area contributed by atoms with Crippen molar-refractivity contribution in [2.45, 2.75) is 69.6 Å².